The van der Waals surface area contributed by atoms with Crippen LogP contribution in [0, 0.1) is 12.3 Å². The Bertz CT molecular complexity index is 195. The minimum Gasteiger partial charge on any atom is -0.315 e. The topological polar surface area (TPSA) is 15.3 Å². The van der Waals surface area contributed by atoms with Crippen molar-refractivity contribution in [3.05, 3.63) is 0 Å². The smallest absolute Gasteiger partial charge is 0.0221 e. The lowest BCUT2D eigenvalue weighted by atomic mass is 10.0. The lowest BCUT2D eigenvalue weighted by Crippen LogP contribution is -2.45. The molecule has 0 bridgehead atoms. The molecule has 1 aliphatic rings. The van der Waals surface area contributed by atoms with E-state index >= 15 is 0 Å². The molecule has 1 rings (SSSR count). The standard InChI is InChI=1S/C13H24N2/c1-3-5-10-15-11-7-6-8-13(15)12-14-9-4-2/h1,13-14H,4-12H2,2H3. The molecule has 1 fully saturated rings. The van der Waals surface area contributed by atoms with Gasteiger partial charge in [-0.05, 0) is 32.4 Å². The van der Waals surface area contributed by atoms with Crippen LogP contribution in [0.5, 0.6) is 0 Å². The van der Waals surface area contributed by atoms with Gasteiger partial charge < -0.3 is 5.32 Å². The zero-order valence-electron chi connectivity index (χ0n) is 9.97. The van der Waals surface area contributed by atoms with Gasteiger partial charge >= 0.3 is 0 Å². The van der Waals surface area contributed by atoms with Gasteiger partial charge in [-0.25, -0.2) is 0 Å². The van der Waals surface area contributed by atoms with Crippen LogP contribution in [0.4, 0.5) is 0 Å². The molecule has 15 heavy (non-hydrogen) atoms. The fourth-order valence-electron chi connectivity index (χ4n) is 2.24. The summed E-state index contributed by atoms with van der Waals surface area (Å²) in [5, 5.41) is 3.52. The number of likely N-dealkylation sites (tertiary alicyclic amines) is 1. The average Bonchev–Trinajstić information content (AvgIpc) is 2.28. The maximum Gasteiger partial charge on any atom is 0.0221 e. The fourth-order valence-corrected chi connectivity index (χ4v) is 2.24. The molecule has 1 atom stereocenters. The second kappa shape index (κ2) is 7.73. The molecule has 0 aromatic heterocycles. The lowest BCUT2D eigenvalue weighted by Gasteiger charge is -2.35. The molecule has 0 aliphatic carbocycles. The predicted octanol–water partition coefficient (Wildman–Crippen LogP) is 1.86. The van der Waals surface area contributed by atoms with Crippen LogP contribution < -0.4 is 5.32 Å². The maximum atomic E-state index is 5.32. The highest BCUT2D eigenvalue weighted by molar-refractivity contribution is 4.87. The van der Waals surface area contributed by atoms with Gasteiger partial charge in [0.2, 0.25) is 0 Å². The Kier molecular flexibility index (Phi) is 6.47. The van der Waals surface area contributed by atoms with Crippen LogP contribution in [0.2, 0.25) is 0 Å². The van der Waals surface area contributed by atoms with Crippen molar-refractivity contribution in [1.82, 2.24) is 10.2 Å². The number of hydrogen-bond acceptors (Lipinski definition) is 2. The van der Waals surface area contributed by atoms with Gasteiger partial charge in [0.25, 0.3) is 0 Å². The lowest BCUT2D eigenvalue weighted by molar-refractivity contribution is 0.149. The van der Waals surface area contributed by atoms with E-state index in [-0.39, 0.29) is 0 Å². The molecule has 2 nitrogen and oxygen atoms in total. The third kappa shape index (κ3) is 4.68. The van der Waals surface area contributed by atoms with Crippen molar-refractivity contribution >= 4 is 0 Å². The first-order chi connectivity index (χ1) is 7.38. The summed E-state index contributed by atoms with van der Waals surface area (Å²) in [7, 11) is 0. The summed E-state index contributed by atoms with van der Waals surface area (Å²) in [6.07, 6.45) is 11.5. The molecule has 1 heterocycles. The Hall–Kier alpha value is -0.520. The van der Waals surface area contributed by atoms with E-state index in [0.29, 0.717) is 0 Å². The van der Waals surface area contributed by atoms with Crippen LogP contribution >= 0.6 is 0 Å². The molecule has 0 aromatic rings. The Morgan fingerprint density at radius 1 is 1.47 bits per heavy atom. The van der Waals surface area contributed by atoms with Crippen molar-refractivity contribution in [3.8, 4) is 12.3 Å². The van der Waals surface area contributed by atoms with Gasteiger partial charge in [-0.1, -0.05) is 13.3 Å². The highest BCUT2D eigenvalue weighted by atomic mass is 15.2. The molecule has 1 saturated heterocycles. The summed E-state index contributed by atoms with van der Waals surface area (Å²) in [5.74, 6) is 2.74. The largest absolute Gasteiger partial charge is 0.315 e. The van der Waals surface area contributed by atoms with E-state index in [1.165, 1.54) is 32.2 Å². The zero-order chi connectivity index (χ0) is 10.9. The van der Waals surface area contributed by atoms with Crippen molar-refractivity contribution in [1.29, 1.82) is 0 Å². The molecule has 86 valence electrons. The van der Waals surface area contributed by atoms with Crippen molar-refractivity contribution in [2.75, 3.05) is 26.2 Å². The van der Waals surface area contributed by atoms with Crippen molar-refractivity contribution in [2.45, 2.75) is 45.1 Å². The molecule has 2 heteroatoms. The quantitative estimate of drug-likeness (QED) is 0.529. The van der Waals surface area contributed by atoms with Crippen molar-refractivity contribution < 1.29 is 0 Å². The molecule has 0 aromatic carbocycles. The summed E-state index contributed by atoms with van der Waals surface area (Å²) in [6, 6.07) is 0.721. The van der Waals surface area contributed by atoms with Gasteiger partial charge in [0, 0.05) is 25.6 Å². The molecule has 1 unspecified atom stereocenters. The molecule has 0 radical (unpaired) electrons. The summed E-state index contributed by atoms with van der Waals surface area (Å²) in [4.78, 5) is 2.56. The van der Waals surface area contributed by atoms with Gasteiger partial charge in [0.1, 0.15) is 0 Å². The predicted molar refractivity (Wildman–Crippen MR) is 65.8 cm³/mol. The number of nitrogens with zero attached hydrogens (tertiary/aromatic N) is 1. The van der Waals surface area contributed by atoms with Gasteiger partial charge in [0.05, 0.1) is 0 Å². The number of nitrogens with one attached hydrogen (secondary N) is 1. The molecular weight excluding hydrogens is 184 g/mol. The molecular formula is C13H24N2. The Morgan fingerprint density at radius 3 is 3.07 bits per heavy atom. The summed E-state index contributed by atoms with van der Waals surface area (Å²) in [5.41, 5.74) is 0. The molecule has 0 spiro atoms. The number of piperidine rings is 1. The fraction of sp³-hybridized carbons (Fsp3) is 0.846. The Balaban J connectivity index is 2.26. The third-order valence-electron chi connectivity index (χ3n) is 3.10. The van der Waals surface area contributed by atoms with Crippen LogP contribution in [-0.4, -0.2) is 37.1 Å². The van der Waals surface area contributed by atoms with Crippen molar-refractivity contribution in [2.24, 2.45) is 0 Å². The van der Waals surface area contributed by atoms with Crippen LogP contribution in [-0.2, 0) is 0 Å². The van der Waals surface area contributed by atoms with E-state index in [1.807, 2.05) is 0 Å². The summed E-state index contributed by atoms with van der Waals surface area (Å²) < 4.78 is 0. The summed E-state index contributed by atoms with van der Waals surface area (Å²) >= 11 is 0. The Morgan fingerprint density at radius 2 is 2.33 bits per heavy atom. The highest BCUT2D eigenvalue weighted by Gasteiger charge is 2.20. The minimum absolute atomic E-state index is 0.721. The van der Waals surface area contributed by atoms with Gasteiger partial charge in [-0.2, -0.15) is 0 Å². The van der Waals surface area contributed by atoms with Gasteiger partial charge in [-0.3, -0.25) is 4.90 Å². The molecule has 1 N–H and O–H groups in total. The van der Waals surface area contributed by atoms with Crippen LogP contribution in [0.15, 0.2) is 0 Å². The molecule has 1 aliphatic heterocycles. The highest BCUT2D eigenvalue weighted by Crippen LogP contribution is 2.16. The Labute approximate surface area is 94.4 Å². The maximum absolute atomic E-state index is 5.32. The molecule has 0 saturated carbocycles. The van der Waals surface area contributed by atoms with E-state index in [0.717, 1.165) is 32.1 Å². The van der Waals surface area contributed by atoms with E-state index in [9.17, 15) is 0 Å². The van der Waals surface area contributed by atoms with E-state index < -0.39 is 0 Å². The molecule has 0 amide bonds. The third-order valence-corrected chi connectivity index (χ3v) is 3.10. The van der Waals surface area contributed by atoms with Crippen LogP contribution in [0.3, 0.4) is 0 Å². The minimum atomic E-state index is 0.721. The van der Waals surface area contributed by atoms with Gasteiger partial charge in [0.15, 0.2) is 0 Å². The zero-order valence-corrected chi connectivity index (χ0v) is 9.97. The normalized spacial score (nSPS) is 22.5. The van der Waals surface area contributed by atoms with Crippen LogP contribution in [0.25, 0.3) is 0 Å². The van der Waals surface area contributed by atoms with E-state index in [2.05, 4.69) is 23.1 Å². The number of rotatable bonds is 6. The average molecular weight is 208 g/mol. The van der Waals surface area contributed by atoms with Gasteiger partial charge in [-0.15, -0.1) is 12.3 Å². The number of hydrogen-bond donors (Lipinski definition) is 1. The first kappa shape index (κ1) is 12.5. The first-order valence-corrected chi connectivity index (χ1v) is 6.26. The second-order valence-electron chi connectivity index (χ2n) is 4.34. The van der Waals surface area contributed by atoms with Crippen LogP contribution in [0.1, 0.15) is 39.0 Å². The second-order valence-corrected chi connectivity index (χ2v) is 4.34. The summed E-state index contributed by atoms with van der Waals surface area (Å²) in [6.45, 7) is 6.80. The SMILES string of the molecule is C#CCCN1CCCCC1CNCCC. The van der Waals surface area contributed by atoms with E-state index in [1.54, 1.807) is 0 Å². The number of terminal acetylenes is 1. The monoisotopic (exact) mass is 208 g/mol. The van der Waals surface area contributed by atoms with Crippen molar-refractivity contribution in [3.63, 3.8) is 0 Å². The first-order valence-electron chi connectivity index (χ1n) is 6.26. The van der Waals surface area contributed by atoms with E-state index in [4.69, 9.17) is 6.42 Å².